The third-order valence-electron chi connectivity index (χ3n) is 2.85. The maximum atomic E-state index is 12.0. The summed E-state index contributed by atoms with van der Waals surface area (Å²) in [5.74, 6) is 1.03. The van der Waals surface area contributed by atoms with Crippen molar-refractivity contribution < 1.29 is 9.53 Å². The molecule has 0 atom stereocenters. The van der Waals surface area contributed by atoms with E-state index in [0.29, 0.717) is 11.5 Å². The molecule has 1 amide bonds. The molecule has 7 nitrogen and oxygen atoms in total. The summed E-state index contributed by atoms with van der Waals surface area (Å²) in [6.07, 6.45) is 0. The molecule has 0 aliphatic carbocycles. The molecule has 0 spiro atoms. The number of thiophene rings is 1. The zero-order chi connectivity index (χ0) is 15.4. The first-order chi connectivity index (χ1) is 10.7. The molecule has 0 bridgehead atoms. The van der Waals surface area contributed by atoms with Gasteiger partial charge in [-0.1, -0.05) is 6.07 Å². The fraction of sp³-hybridized carbons (Fsp3) is 0.143. The molecule has 0 saturated heterocycles. The lowest BCUT2D eigenvalue weighted by molar-refractivity contribution is -0.117. The summed E-state index contributed by atoms with van der Waals surface area (Å²) in [5, 5.41) is 16.7. The minimum Gasteiger partial charge on any atom is -0.497 e. The average Bonchev–Trinajstić information content (AvgIpc) is 3.19. The number of anilines is 1. The molecule has 0 aliphatic heterocycles. The molecule has 0 aliphatic rings. The number of carbonyl (C=O) groups is 1. The maximum Gasteiger partial charge on any atom is 0.248 e. The Hall–Kier alpha value is -2.74. The molecule has 2 aromatic heterocycles. The van der Waals surface area contributed by atoms with E-state index in [4.69, 9.17) is 4.74 Å². The van der Waals surface area contributed by atoms with E-state index in [0.717, 1.165) is 10.6 Å². The number of ether oxygens (including phenoxy) is 1. The van der Waals surface area contributed by atoms with Gasteiger partial charge in [-0.2, -0.15) is 4.80 Å². The smallest absolute Gasteiger partial charge is 0.248 e. The van der Waals surface area contributed by atoms with Crippen LogP contribution in [-0.4, -0.2) is 33.2 Å². The fourth-order valence-electron chi connectivity index (χ4n) is 1.82. The van der Waals surface area contributed by atoms with Crippen molar-refractivity contribution in [1.82, 2.24) is 20.2 Å². The van der Waals surface area contributed by atoms with Gasteiger partial charge in [-0.05, 0) is 40.9 Å². The zero-order valence-corrected chi connectivity index (χ0v) is 12.6. The molecule has 0 unspecified atom stereocenters. The molecule has 3 rings (SSSR count). The predicted molar refractivity (Wildman–Crippen MR) is 82.8 cm³/mol. The molecule has 0 fully saturated rings. The van der Waals surface area contributed by atoms with Crippen LogP contribution >= 0.6 is 11.3 Å². The van der Waals surface area contributed by atoms with Gasteiger partial charge in [-0.15, -0.1) is 21.5 Å². The Morgan fingerprint density at radius 1 is 1.32 bits per heavy atom. The highest BCUT2D eigenvalue weighted by Gasteiger charge is 2.10. The zero-order valence-electron chi connectivity index (χ0n) is 11.8. The van der Waals surface area contributed by atoms with E-state index in [1.807, 2.05) is 17.5 Å². The summed E-state index contributed by atoms with van der Waals surface area (Å²) in [5.41, 5.74) is 0.685. The molecule has 0 radical (unpaired) electrons. The van der Waals surface area contributed by atoms with E-state index in [2.05, 4.69) is 20.7 Å². The van der Waals surface area contributed by atoms with Gasteiger partial charge >= 0.3 is 0 Å². The number of hydrogen-bond donors (Lipinski definition) is 1. The van der Waals surface area contributed by atoms with Crippen LogP contribution in [0, 0.1) is 0 Å². The second-order valence-corrected chi connectivity index (χ2v) is 5.35. The van der Waals surface area contributed by atoms with E-state index < -0.39 is 0 Å². The first kappa shape index (κ1) is 14.2. The highest BCUT2D eigenvalue weighted by molar-refractivity contribution is 7.13. The van der Waals surface area contributed by atoms with Gasteiger partial charge in [0.15, 0.2) is 0 Å². The molecular formula is C14H13N5O2S. The molecule has 1 aromatic carbocycles. The minimum atomic E-state index is -0.222. The van der Waals surface area contributed by atoms with Gasteiger partial charge in [0.1, 0.15) is 12.3 Å². The third-order valence-corrected chi connectivity index (χ3v) is 3.72. The predicted octanol–water partition coefficient (Wildman–Crippen LogP) is 2.05. The summed E-state index contributed by atoms with van der Waals surface area (Å²) in [4.78, 5) is 14.2. The van der Waals surface area contributed by atoms with E-state index in [-0.39, 0.29) is 12.5 Å². The van der Waals surface area contributed by atoms with Gasteiger partial charge in [0.25, 0.3) is 0 Å². The minimum absolute atomic E-state index is 0.00437. The van der Waals surface area contributed by atoms with Crippen LogP contribution in [0.5, 0.6) is 5.75 Å². The van der Waals surface area contributed by atoms with E-state index in [9.17, 15) is 4.79 Å². The normalized spacial score (nSPS) is 10.4. The first-order valence-corrected chi connectivity index (χ1v) is 7.38. The highest BCUT2D eigenvalue weighted by Crippen LogP contribution is 2.19. The van der Waals surface area contributed by atoms with Gasteiger partial charge in [0.05, 0.1) is 12.0 Å². The Morgan fingerprint density at radius 3 is 2.82 bits per heavy atom. The molecule has 112 valence electrons. The van der Waals surface area contributed by atoms with Crippen LogP contribution in [0.4, 0.5) is 5.69 Å². The van der Waals surface area contributed by atoms with Crippen molar-refractivity contribution in [3.63, 3.8) is 0 Å². The number of aromatic nitrogens is 4. The van der Waals surface area contributed by atoms with E-state index in [1.54, 1.807) is 31.4 Å². The summed E-state index contributed by atoms with van der Waals surface area (Å²) in [6, 6.07) is 10.9. The molecular weight excluding hydrogens is 302 g/mol. The monoisotopic (exact) mass is 315 g/mol. The third kappa shape index (κ3) is 3.29. The first-order valence-electron chi connectivity index (χ1n) is 6.50. The lowest BCUT2D eigenvalue weighted by atomic mass is 10.3. The number of amides is 1. The second-order valence-electron chi connectivity index (χ2n) is 4.40. The van der Waals surface area contributed by atoms with E-state index in [1.165, 1.54) is 16.1 Å². The number of hydrogen-bond acceptors (Lipinski definition) is 6. The summed E-state index contributed by atoms with van der Waals surface area (Å²) in [7, 11) is 1.59. The van der Waals surface area contributed by atoms with Crippen molar-refractivity contribution in [3.8, 4) is 16.5 Å². The Bertz CT molecular complexity index is 752. The standard InChI is InChI=1S/C14H13N5O2S/c1-21-11-6-4-10(5-7-11)15-13(20)9-19-17-14(16-18-19)12-3-2-8-22-12/h2-8H,9H2,1H3,(H,15,20). The topological polar surface area (TPSA) is 81.9 Å². The average molecular weight is 315 g/mol. The maximum absolute atomic E-state index is 12.0. The SMILES string of the molecule is COc1ccc(NC(=O)Cn2nnc(-c3cccs3)n2)cc1. The molecule has 2 heterocycles. The number of carbonyl (C=O) groups excluding carboxylic acids is 1. The van der Waals surface area contributed by atoms with Gasteiger partial charge < -0.3 is 10.1 Å². The number of nitrogens with zero attached hydrogens (tertiary/aromatic N) is 4. The van der Waals surface area contributed by atoms with Crippen LogP contribution in [0.2, 0.25) is 0 Å². The van der Waals surface area contributed by atoms with Crippen LogP contribution in [0.25, 0.3) is 10.7 Å². The Morgan fingerprint density at radius 2 is 2.14 bits per heavy atom. The number of tetrazole rings is 1. The fourth-order valence-corrected chi connectivity index (χ4v) is 2.47. The summed E-state index contributed by atoms with van der Waals surface area (Å²) in [6.45, 7) is 0.00437. The van der Waals surface area contributed by atoms with Crippen LogP contribution in [-0.2, 0) is 11.3 Å². The number of rotatable bonds is 5. The molecule has 3 aromatic rings. The van der Waals surface area contributed by atoms with Gasteiger partial charge in [0, 0.05) is 5.69 Å². The van der Waals surface area contributed by atoms with E-state index >= 15 is 0 Å². The van der Waals surface area contributed by atoms with Crippen molar-refractivity contribution in [2.75, 3.05) is 12.4 Å². The quantitative estimate of drug-likeness (QED) is 0.779. The molecule has 0 saturated carbocycles. The van der Waals surface area contributed by atoms with Crippen LogP contribution < -0.4 is 10.1 Å². The van der Waals surface area contributed by atoms with Crippen molar-refractivity contribution in [3.05, 3.63) is 41.8 Å². The summed E-state index contributed by atoms with van der Waals surface area (Å²) >= 11 is 1.52. The Kier molecular flexibility index (Phi) is 4.10. The molecule has 8 heteroatoms. The van der Waals surface area contributed by atoms with Crippen molar-refractivity contribution in [1.29, 1.82) is 0 Å². The van der Waals surface area contributed by atoms with Crippen LogP contribution in [0.1, 0.15) is 0 Å². The number of nitrogens with one attached hydrogen (secondary N) is 1. The van der Waals surface area contributed by atoms with Gasteiger partial charge in [-0.3, -0.25) is 4.79 Å². The Labute approximate surface area is 130 Å². The lowest BCUT2D eigenvalue weighted by Gasteiger charge is -2.05. The van der Waals surface area contributed by atoms with Gasteiger partial charge in [0.2, 0.25) is 11.7 Å². The van der Waals surface area contributed by atoms with Gasteiger partial charge in [-0.25, -0.2) is 0 Å². The van der Waals surface area contributed by atoms with Crippen molar-refractivity contribution in [2.45, 2.75) is 6.54 Å². The van der Waals surface area contributed by atoms with Crippen molar-refractivity contribution in [2.24, 2.45) is 0 Å². The lowest BCUT2D eigenvalue weighted by Crippen LogP contribution is -2.20. The molecule has 22 heavy (non-hydrogen) atoms. The number of methoxy groups -OCH3 is 1. The second kappa shape index (κ2) is 6.35. The van der Waals surface area contributed by atoms with Crippen LogP contribution in [0.15, 0.2) is 41.8 Å². The summed E-state index contributed by atoms with van der Waals surface area (Å²) < 4.78 is 5.06. The highest BCUT2D eigenvalue weighted by atomic mass is 32.1. The number of benzene rings is 1. The Balaban J connectivity index is 1.61. The van der Waals surface area contributed by atoms with Crippen LogP contribution in [0.3, 0.4) is 0 Å². The van der Waals surface area contributed by atoms with Crippen molar-refractivity contribution >= 4 is 22.9 Å². The molecule has 1 N–H and O–H groups in total. The largest absolute Gasteiger partial charge is 0.497 e.